The standard InChI is InChI=1S/C20H18FN7OS/c1-10-8-30-19-15(10)20(29)28(13-6-4-3-5-12(13)21)14(27-19)7-24-18-16(11(2)22)17(23)25-9-26-18/h3-6,8-9,22H,7H2,1-2H3,(H3,23,24,25,26). The van der Waals surface area contributed by atoms with Crippen LogP contribution in [0, 0.1) is 18.2 Å². The first-order chi connectivity index (χ1) is 14.4. The summed E-state index contributed by atoms with van der Waals surface area (Å²) in [6, 6.07) is 6.05. The molecule has 0 saturated carbocycles. The van der Waals surface area contributed by atoms with Crippen molar-refractivity contribution in [1.82, 2.24) is 19.5 Å². The molecule has 0 spiro atoms. The highest BCUT2D eigenvalue weighted by Crippen LogP contribution is 2.24. The molecule has 3 aromatic heterocycles. The number of anilines is 2. The van der Waals surface area contributed by atoms with Crippen LogP contribution in [0.2, 0.25) is 0 Å². The van der Waals surface area contributed by atoms with Gasteiger partial charge in [0.25, 0.3) is 5.56 Å². The van der Waals surface area contributed by atoms with Gasteiger partial charge < -0.3 is 16.5 Å². The van der Waals surface area contributed by atoms with Gasteiger partial charge in [0.15, 0.2) is 0 Å². The summed E-state index contributed by atoms with van der Waals surface area (Å²) in [6.07, 6.45) is 1.29. The second-order valence-corrected chi connectivity index (χ2v) is 7.54. The lowest BCUT2D eigenvalue weighted by Crippen LogP contribution is -2.26. The topological polar surface area (TPSA) is 123 Å². The van der Waals surface area contributed by atoms with Gasteiger partial charge in [0.05, 0.1) is 23.2 Å². The van der Waals surface area contributed by atoms with Crippen molar-refractivity contribution < 1.29 is 4.39 Å². The highest BCUT2D eigenvalue weighted by molar-refractivity contribution is 7.16. The Morgan fingerprint density at radius 2 is 2.10 bits per heavy atom. The number of para-hydroxylation sites is 1. The highest BCUT2D eigenvalue weighted by atomic mass is 32.1. The summed E-state index contributed by atoms with van der Waals surface area (Å²) >= 11 is 1.36. The third kappa shape index (κ3) is 3.30. The summed E-state index contributed by atoms with van der Waals surface area (Å²) in [5.74, 6) is 0.290. The molecule has 4 N–H and O–H groups in total. The third-order valence-corrected chi connectivity index (χ3v) is 5.61. The molecule has 0 unspecified atom stereocenters. The van der Waals surface area contributed by atoms with Crippen molar-refractivity contribution in [2.45, 2.75) is 20.4 Å². The van der Waals surface area contributed by atoms with Crippen LogP contribution in [0.5, 0.6) is 0 Å². The molecule has 0 atom stereocenters. The number of nitrogens with one attached hydrogen (secondary N) is 2. The molecule has 30 heavy (non-hydrogen) atoms. The molecular formula is C20H18FN7OS. The summed E-state index contributed by atoms with van der Waals surface area (Å²) in [5, 5.41) is 13.3. The van der Waals surface area contributed by atoms with E-state index in [0.717, 1.165) is 5.56 Å². The van der Waals surface area contributed by atoms with Crippen LogP contribution in [0.15, 0.2) is 40.8 Å². The number of hydrogen-bond donors (Lipinski definition) is 3. The van der Waals surface area contributed by atoms with Crippen molar-refractivity contribution in [3.63, 3.8) is 0 Å². The SMILES string of the molecule is CC(=N)c1c(N)ncnc1NCc1nc2scc(C)c2c(=O)n1-c1ccccc1F. The van der Waals surface area contributed by atoms with E-state index in [1.165, 1.54) is 34.4 Å². The minimum absolute atomic E-state index is 0.0627. The summed E-state index contributed by atoms with van der Waals surface area (Å²) in [6.45, 7) is 3.47. The van der Waals surface area contributed by atoms with E-state index in [0.29, 0.717) is 27.4 Å². The molecule has 4 rings (SSSR count). The van der Waals surface area contributed by atoms with Gasteiger partial charge in [-0.3, -0.25) is 9.36 Å². The summed E-state index contributed by atoms with van der Waals surface area (Å²) in [4.78, 5) is 26.5. The van der Waals surface area contributed by atoms with Crippen molar-refractivity contribution in [2.75, 3.05) is 11.1 Å². The lowest BCUT2D eigenvalue weighted by Gasteiger charge is -2.16. The van der Waals surface area contributed by atoms with Crippen LogP contribution < -0.4 is 16.6 Å². The first kappa shape index (κ1) is 19.6. The summed E-state index contributed by atoms with van der Waals surface area (Å²) < 4.78 is 15.8. The average molecular weight is 423 g/mol. The molecule has 0 aliphatic heterocycles. The van der Waals surface area contributed by atoms with Crippen molar-refractivity contribution in [2.24, 2.45) is 0 Å². The van der Waals surface area contributed by atoms with Gasteiger partial charge in [-0.05, 0) is 36.9 Å². The minimum atomic E-state index is -0.530. The predicted octanol–water partition coefficient (Wildman–Crippen LogP) is 3.27. The molecule has 0 radical (unpaired) electrons. The first-order valence-corrected chi connectivity index (χ1v) is 9.91. The zero-order chi connectivity index (χ0) is 21.4. The second-order valence-electron chi connectivity index (χ2n) is 6.68. The monoisotopic (exact) mass is 423 g/mol. The molecule has 8 nitrogen and oxygen atoms in total. The maximum atomic E-state index is 14.6. The fourth-order valence-electron chi connectivity index (χ4n) is 3.24. The average Bonchev–Trinajstić information content (AvgIpc) is 3.08. The number of nitrogens with zero attached hydrogens (tertiary/aromatic N) is 4. The molecule has 152 valence electrons. The quantitative estimate of drug-likeness (QED) is 0.424. The number of rotatable bonds is 5. The molecule has 4 aromatic rings. The Morgan fingerprint density at radius 3 is 2.83 bits per heavy atom. The normalized spacial score (nSPS) is 11.0. The molecular weight excluding hydrogens is 405 g/mol. The van der Waals surface area contributed by atoms with Crippen LogP contribution in [0.4, 0.5) is 16.0 Å². The lowest BCUT2D eigenvalue weighted by molar-refractivity contribution is 0.612. The Hall–Kier alpha value is -3.66. The zero-order valence-electron chi connectivity index (χ0n) is 16.2. The molecule has 10 heteroatoms. The van der Waals surface area contributed by atoms with E-state index in [4.69, 9.17) is 11.1 Å². The van der Waals surface area contributed by atoms with Gasteiger partial charge in [-0.2, -0.15) is 0 Å². The molecule has 0 fully saturated rings. The Bertz CT molecular complexity index is 1340. The molecule has 3 heterocycles. The van der Waals surface area contributed by atoms with Crippen LogP contribution in [0.3, 0.4) is 0 Å². The van der Waals surface area contributed by atoms with Crippen LogP contribution in [-0.4, -0.2) is 25.2 Å². The Labute approximate surface area is 174 Å². The number of hydrogen-bond acceptors (Lipinski definition) is 8. The molecule has 0 aliphatic carbocycles. The van der Waals surface area contributed by atoms with Crippen molar-refractivity contribution in [3.8, 4) is 5.69 Å². The molecule has 0 aliphatic rings. The van der Waals surface area contributed by atoms with Gasteiger partial charge in [0.2, 0.25) is 0 Å². The van der Waals surface area contributed by atoms with E-state index in [-0.39, 0.29) is 29.3 Å². The number of halogens is 1. The number of nitrogen functional groups attached to an aromatic ring is 1. The van der Waals surface area contributed by atoms with Gasteiger partial charge in [0.1, 0.15) is 34.4 Å². The number of aromatic nitrogens is 4. The largest absolute Gasteiger partial charge is 0.383 e. The number of benzene rings is 1. The minimum Gasteiger partial charge on any atom is -0.383 e. The van der Waals surface area contributed by atoms with Gasteiger partial charge in [-0.15, -0.1) is 11.3 Å². The fourth-order valence-corrected chi connectivity index (χ4v) is 4.17. The molecule has 0 bridgehead atoms. The van der Waals surface area contributed by atoms with E-state index in [1.54, 1.807) is 19.1 Å². The third-order valence-electron chi connectivity index (χ3n) is 4.62. The smallest absolute Gasteiger partial charge is 0.267 e. The van der Waals surface area contributed by atoms with Crippen molar-refractivity contribution >= 4 is 38.9 Å². The lowest BCUT2D eigenvalue weighted by atomic mass is 10.2. The fraction of sp³-hybridized carbons (Fsp3) is 0.150. The Morgan fingerprint density at radius 1 is 1.33 bits per heavy atom. The highest BCUT2D eigenvalue weighted by Gasteiger charge is 2.19. The number of thiophene rings is 1. The van der Waals surface area contributed by atoms with Crippen LogP contribution in [0.25, 0.3) is 15.9 Å². The number of fused-ring (bicyclic) bond motifs is 1. The van der Waals surface area contributed by atoms with Crippen LogP contribution in [-0.2, 0) is 6.54 Å². The van der Waals surface area contributed by atoms with E-state index >= 15 is 0 Å². The maximum absolute atomic E-state index is 14.6. The van der Waals surface area contributed by atoms with Crippen molar-refractivity contribution in [3.05, 3.63) is 69.1 Å². The van der Waals surface area contributed by atoms with Crippen LogP contribution >= 0.6 is 11.3 Å². The van der Waals surface area contributed by atoms with E-state index in [2.05, 4.69) is 20.3 Å². The number of aryl methyl sites for hydroxylation is 1. The van der Waals surface area contributed by atoms with Gasteiger partial charge >= 0.3 is 0 Å². The van der Waals surface area contributed by atoms with Gasteiger partial charge in [-0.1, -0.05) is 12.1 Å². The van der Waals surface area contributed by atoms with Gasteiger partial charge in [-0.25, -0.2) is 19.3 Å². The molecule has 0 saturated heterocycles. The van der Waals surface area contributed by atoms with E-state index in [9.17, 15) is 9.18 Å². The number of nitrogens with two attached hydrogens (primary N) is 1. The van der Waals surface area contributed by atoms with Crippen molar-refractivity contribution in [1.29, 1.82) is 5.41 Å². The van der Waals surface area contributed by atoms with E-state index in [1.807, 2.05) is 12.3 Å². The molecule has 1 aromatic carbocycles. The summed E-state index contributed by atoms with van der Waals surface area (Å²) in [7, 11) is 0. The maximum Gasteiger partial charge on any atom is 0.267 e. The predicted molar refractivity (Wildman–Crippen MR) is 116 cm³/mol. The zero-order valence-corrected chi connectivity index (χ0v) is 17.0. The second kappa shape index (κ2) is 7.64. The summed E-state index contributed by atoms with van der Waals surface area (Å²) in [5.41, 5.74) is 7.01. The van der Waals surface area contributed by atoms with Crippen LogP contribution in [0.1, 0.15) is 23.9 Å². The Kier molecular flexibility index (Phi) is 5.00. The molecule has 0 amide bonds. The van der Waals surface area contributed by atoms with E-state index < -0.39 is 5.82 Å². The Balaban J connectivity index is 1.87. The van der Waals surface area contributed by atoms with Gasteiger partial charge in [0, 0.05) is 5.71 Å². The first-order valence-electron chi connectivity index (χ1n) is 9.03.